The van der Waals surface area contributed by atoms with Crippen molar-refractivity contribution < 1.29 is 59.3 Å². The topological polar surface area (TPSA) is 118 Å². The zero-order valence-corrected chi connectivity index (χ0v) is 21.9. The van der Waals surface area contributed by atoms with Crippen molar-refractivity contribution in [2.45, 2.75) is 60.2 Å². The molecule has 0 saturated carbocycles. The number of anilines is 1. The number of hydrogen-bond donors (Lipinski definition) is 3. The molecule has 2 aliphatic rings. The number of likely N-dealkylation sites (tertiary alicyclic amines) is 1. The Morgan fingerprint density at radius 3 is 2.17 bits per heavy atom. The van der Waals surface area contributed by atoms with Crippen molar-refractivity contribution in [3.05, 3.63) is 59.4 Å². The van der Waals surface area contributed by atoms with Crippen molar-refractivity contribution >= 4 is 21.6 Å². The number of nitrogens with zero attached hydrogens (tertiary/aromatic N) is 2. The maximum atomic E-state index is 13.7. The summed E-state index contributed by atoms with van der Waals surface area (Å²) in [6.45, 7) is -0.795. The van der Waals surface area contributed by atoms with Gasteiger partial charge in [0.1, 0.15) is 11.4 Å². The van der Waals surface area contributed by atoms with Gasteiger partial charge < -0.3 is 20.2 Å². The smallest absolute Gasteiger partial charge is 0.393 e. The molecule has 3 N–H and O–H groups in total. The summed E-state index contributed by atoms with van der Waals surface area (Å²) in [5.74, 6) is -1.38. The largest absolute Gasteiger partial charge is 0.430 e. The molecular formula is C25H25F7N2O6S. The Morgan fingerprint density at radius 2 is 1.63 bits per heavy atom. The first-order valence-corrected chi connectivity index (χ1v) is 13.7. The number of aliphatic hydroxyl groups excluding tert-OH is 1. The molecule has 2 aromatic rings. The molecule has 2 heterocycles. The summed E-state index contributed by atoms with van der Waals surface area (Å²) in [5, 5.41) is 29.5. The molecule has 0 spiro atoms. The molecule has 2 aromatic carbocycles. The van der Waals surface area contributed by atoms with Crippen LogP contribution in [-0.4, -0.2) is 78.2 Å². The number of aryl methyl sites for hydroxylation is 1. The van der Waals surface area contributed by atoms with Crippen LogP contribution in [0, 0.1) is 5.82 Å². The van der Waals surface area contributed by atoms with Gasteiger partial charge in [0, 0.05) is 18.5 Å². The lowest BCUT2D eigenvalue weighted by molar-refractivity contribution is -0.376. The van der Waals surface area contributed by atoms with Crippen LogP contribution in [0.2, 0.25) is 0 Å². The van der Waals surface area contributed by atoms with Gasteiger partial charge in [0.15, 0.2) is 0 Å². The fourth-order valence-electron chi connectivity index (χ4n) is 5.11. The molecule has 41 heavy (non-hydrogen) atoms. The second-order valence-corrected chi connectivity index (χ2v) is 12.0. The zero-order chi connectivity index (χ0) is 30.6. The summed E-state index contributed by atoms with van der Waals surface area (Å²) in [6, 6.07) is 3.80. The minimum absolute atomic E-state index is 0.0563. The number of benzene rings is 2. The first-order chi connectivity index (χ1) is 18.8. The molecule has 4 rings (SSSR count). The van der Waals surface area contributed by atoms with Crippen molar-refractivity contribution in [2.24, 2.45) is 0 Å². The number of rotatable bonds is 6. The number of aliphatic hydroxyl groups is 3. The van der Waals surface area contributed by atoms with Crippen molar-refractivity contribution in [1.82, 2.24) is 4.90 Å². The molecule has 1 fully saturated rings. The van der Waals surface area contributed by atoms with E-state index in [0.29, 0.717) is 22.5 Å². The molecule has 8 nitrogen and oxygen atoms in total. The van der Waals surface area contributed by atoms with Gasteiger partial charge in [-0.15, -0.1) is 0 Å². The summed E-state index contributed by atoms with van der Waals surface area (Å²) in [4.78, 5) is 13.8. The lowest BCUT2D eigenvalue weighted by atomic mass is 9.87. The molecule has 226 valence electrons. The third-order valence-electron chi connectivity index (χ3n) is 7.39. The number of amides is 1. The quantitative estimate of drug-likeness (QED) is 0.431. The number of halogens is 7. The zero-order valence-electron chi connectivity index (χ0n) is 21.1. The van der Waals surface area contributed by atoms with E-state index in [1.54, 1.807) is 0 Å². The van der Waals surface area contributed by atoms with E-state index in [2.05, 4.69) is 0 Å². The van der Waals surface area contributed by atoms with Gasteiger partial charge in [-0.3, -0.25) is 9.10 Å². The summed E-state index contributed by atoms with van der Waals surface area (Å²) in [5.41, 5.74) is -8.92. The van der Waals surface area contributed by atoms with E-state index >= 15 is 0 Å². The van der Waals surface area contributed by atoms with Gasteiger partial charge in [-0.25, -0.2) is 12.8 Å². The molecule has 1 amide bonds. The Labute approximate surface area is 229 Å². The first kappa shape index (κ1) is 31.0. The molecular weight excluding hydrogens is 589 g/mol. The monoisotopic (exact) mass is 614 g/mol. The van der Waals surface area contributed by atoms with Crippen LogP contribution in [0.15, 0.2) is 47.4 Å². The molecule has 0 aromatic heterocycles. The Hall–Kier alpha value is -2.95. The number of sulfonamides is 1. The minimum Gasteiger partial charge on any atom is -0.393 e. The van der Waals surface area contributed by atoms with Gasteiger partial charge in [0.05, 0.1) is 29.8 Å². The summed E-state index contributed by atoms with van der Waals surface area (Å²) >= 11 is 0. The second kappa shape index (κ2) is 10.4. The standard InChI is InChI=1S/C25H25F7N2O6S/c26-17-3-6-19(7-4-17)41(39,40)34-18(12-21(36)33-10-9-22(37,13-33)14-35)5-1-15-11-16(2-8-20(15)34)23(38,24(27,28)29)25(30,31)32/h2-4,6-8,11,18,35,37-38H,1,5,9-10,12-14H2. The van der Waals surface area contributed by atoms with Crippen LogP contribution in [0.1, 0.15) is 30.4 Å². The third kappa shape index (κ3) is 5.49. The van der Waals surface area contributed by atoms with E-state index in [4.69, 9.17) is 0 Å². The van der Waals surface area contributed by atoms with E-state index in [1.807, 2.05) is 0 Å². The minimum atomic E-state index is -6.16. The summed E-state index contributed by atoms with van der Waals surface area (Å²) < 4.78 is 123. The number of β-amino-alcohol motifs (C(OH)–C–C–N with tert-alkyl or cyclic N) is 1. The van der Waals surface area contributed by atoms with Gasteiger partial charge in [-0.1, -0.05) is 12.1 Å². The van der Waals surface area contributed by atoms with Gasteiger partial charge in [0.2, 0.25) is 5.91 Å². The average Bonchev–Trinajstić information content (AvgIpc) is 3.29. The van der Waals surface area contributed by atoms with Crippen LogP contribution in [0.3, 0.4) is 0 Å². The number of alkyl halides is 6. The maximum absolute atomic E-state index is 13.7. The predicted molar refractivity (Wildman–Crippen MR) is 128 cm³/mol. The first-order valence-electron chi connectivity index (χ1n) is 12.2. The van der Waals surface area contributed by atoms with Crippen molar-refractivity contribution in [3.8, 4) is 0 Å². The molecule has 0 aliphatic carbocycles. The third-order valence-corrected chi connectivity index (χ3v) is 9.27. The van der Waals surface area contributed by atoms with Crippen LogP contribution in [0.5, 0.6) is 0 Å². The lowest BCUT2D eigenvalue weighted by Crippen LogP contribution is -2.54. The highest BCUT2D eigenvalue weighted by Gasteiger charge is 2.71. The molecule has 0 bridgehead atoms. The molecule has 2 aliphatic heterocycles. The van der Waals surface area contributed by atoms with E-state index in [-0.39, 0.29) is 43.6 Å². The highest BCUT2D eigenvalue weighted by atomic mass is 32.2. The van der Waals surface area contributed by atoms with Crippen LogP contribution in [-0.2, 0) is 26.8 Å². The van der Waals surface area contributed by atoms with E-state index in [9.17, 15) is 59.3 Å². The number of carbonyl (C=O) groups excluding carboxylic acids is 1. The Bertz CT molecular complexity index is 1400. The fraction of sp³-hybridized carbons (Fsp3) is 0.480. The van der Waals surface area contributed by atoms with Gasteiger partial charge >= 0.3 is 12.4 Å². The van der Waals surface area contributed by atoms with Crippen molar-refractivity contribution in [3.63, 3.8) is 0 Å². The molecule has 2 unspecified atom stereocenters. The van der Waals surface area contributed by atoms with Crippen LogP contribution in [0.4, 0.5) is 36.4 Å². The summed E-state index contributed by atoms with van der Waals surface area (Å²) in [6.07, 6.45) is -13.2. The normalized spacial score (nSPS) is 22.1. The SMILES string of the molecule is O=C(CC1CCc2cc(C(O)(C(F)(F)F)C(F)(F)F)ccc2N1S(=O)(=O)c1ccc(F)cc1)N1CCC(O)(CO)C1. The second-order valence-electron chi connectivity index (χ2n) is 10.1. The van der Waals surface area contributed by atoms with Crippen LogP contribution in [0.25, 0.3) is 0 Å². The van der Waals surface area contributed by atoms with Gasteiger partial charge in [-0.2, -0.15) is 26.3 Å². The highest BCUT2D eigenvalue weighted by Crippen LogP contribution is 2.51. The van der Waals surface area contributed by atoms with Crippen molar-refractivity contribution in [1.29, 1.82) is 0 Å². The predicted octanol–water partition coefficient (Wildman–Crippen LogP) is 2.99. The number of hydrogen-bond acceptors (Lipinski definition) is 6. The van der Waals surface area contributed by atoms with Crippen LogP contribution < -0.4 is 4.31 Å². The number of fused-ring (bicyclic) bond motifs is 1. The lowest BCUT2D eigenvalue weighted by Gasteiger charge is -2.39. The van der Waals surface area contributed by atoms with Gasteiger partial charge in [-0.05, 0) is 55.2 Å². The molecule has 2 atom stereocenters. The fourth-order valence-corrected chi connectivity index (χ4v) is 6.83. The number of carbonyl (C=O) groups is 1. The van der Waals surface area contributed by atoms with Crippen molar-refractivity contribution in [2.75, 3.05) is 24.0 Å². The van der Waals surface area contributed by atoms with E-state index < -0.39 is 74.8 Å². The van der Waals surface area contributed by atoms with Crippen LogP contribution >= 0.6 is 0 Å². The average molecular weight is 615 g/mol. The Morgan fingerprint density at radius 1 is 1.02 bits per heavy atom. The summed E-state index contributed by atoms with van der Waals surface area (Å²) in [7, 11) is -4.64. The van der Waals surface area contributed by atoms with E-state index in [1.165, 1.54) is 4.90 Å². The Kier molecular flexibility index (Phi) is 7.86. The molecule has 1 saturated heterocycles. The Balaban J connectivity index is 1.78. The van der Waals surface area contributed by atoms with E-state index in [0.717, 1.165) is 24.3 Å². The highest BCUT2D eigenvalue weighted by molar-refractivity contribution is 7.92. The van der Waals surface area contributed by atoms with Gasteiger partial charge in [0.25, 0.3) is 15.6 Å². The molecule has 16 heteroatoms. The maximum Gasteiger partial charge on any atom is 0.430 e. The molecule has 0 radical (unpaired) electrons.